The molecule has 0 aliphatic carbocycles. The number of aromatic nitrogens is 1. The first-order chi connectivity index (χ1) is 12.8. The highest BCUT2D eigenvalue weighted by Gasteiger charge is 2.20. The van der Waals surface area contributed by atoms with Crippen LogP contribution in [0.5, 0.6) is 5.75 Å². The molecule has 0 aliphatic rings. The van der Waals surface area contributed by atoms with Gasteiger partial charge in [0.2, 0.25) is 0 Å². The lowest BCUT2D eigenvalue weighted by atomic mass is 10.1. The number of halogens is 4. The average molecular weight is 518 g/mol. The first-order valence-corrected chi connectivity index (χ1v) is 10.0. The average Bonchev–Trinajstić information content (AvgIpc) is 2.96. The van der Waals surface area contributed by atoms with Crippen molar-refractivity contribution in [2.24, 2.45) is 5.73 Å². The molecule has 1 heterocycles. The largest absolute Gasteiger partial charge is 0.483 e. The van der Waals surface area contributed by atoms with Crippen molar-refractivity contribution in [3.8, 4) is 17.0 Å². The second-order valence-corrected chi connectivity index (χ2v) is 8.86. The summed E-state index contributed by atoms with van der Waals surface area (Å²) in [6, 6.07) is 7.95. The fourth-order valence-electron chi connectivity index (χ4n) is 2.40. The number of thiazole rings is 1. The predicted octanol–water partition coefficient (Wildman–Crippen LogP) is 5.60. The van der Waals surface area contributed by atoms with Gasteiger partial charge in [-0.3, -0.25) is 4.79 Å². The molecule has 9 heteroatoms. The summed E-state index contributed by atoms with van der Waals surface area (Å²) in [5, 5.41) is 0.578. The predicted molar refractivity (Wildman–Crippen MR) is 107 cm³/mol. The standard InChI is InChI=1S/C18H12Br2F2N2O2S/c1-8-2-3-10(19)9(6-8)16-17(20)27-13(24-16)7-26-12-5-4-11(21)14(15(12)22)18(23)25/h2-6H,7H2,1H3,(H2,23,25). The molecule has 3 aromatic rings. The highest BCUT2D eigenvalue weighted by atomic mass is 79.9. The van der Waals surface area contributed by atoms with E-state index in [-0.39, 0.29) is 12.4 Å². The van der Waals surface area contributed by atoms with Crippen LogP contribution in [-0.2, 0) is 6.61 Å². The van der Waals surface area contributed by atoms with Crippen molar-refractivity contribution in [3.63, 3.8) is 0 Å². The van der Waals surface area contributed by atoms with Crippen LogP contribution in [0.4, 0.5) is 8.78 Å². The Kier molecular flexibility index (Phi) is 5.92. The molecule has 4 nitrogen and oxygen atoms in total. The number of hydrogen-bond acceptors (Lipinski definition) is 4. The molecule has 0 atom stereocenters. The summed E-state index contributed by atoms with van der Waals surface area (Å²) in [4.78, 5) is 15.7. The molecule has 0 fully saturated rings. The molecule has 27 heavy (non-hydrogen) atoms. The van der Waals surface area contributed by atoms with Crippen molar-refractivity contribution in [2.45, 2.75) is 13.5 Å². The Morgan fingerprint density at radius 3 is 2.70 bits per heavy atom. The second kappa shape index (κ2) is 8.04. The van der Waals surface area contributed by atoms with E-state index >= 15 is 0 Å². The van der Waals surface area contributed by atoms with Crippen LogP contribution in [0.15, 0.2) is 38.6 Å². The van der Waals surface area contributed by atoms with Crippen molar-refractivity contribution in [1.29, 1.82) is 0 Å². The number of primary amides is 1. The Hall–Kier alpha value is -1.84. The molecule has 2 aromatic carbocycles. The number of benzene rings is 2. The molecule has 0 spiro atoms. The van der Waals surface area contributed by atoms with Gasteiger partial charge in [0.15, 0.2) is 11.6 Å². The second-order valence-electron chi connectivity index (χ2n) is 5.60. The van der Waals surface area contributed by atoms with E-state index in [1.54, 1.807) is 0 Å². The van der Waals surface area contributed by atoms with Crippen molar-refractivity contribution >= 4 is 49.1 Å². The molecule has 0 bridgehead atoms. The number of aryl methyl sites for hydroxylation is 1. The molecule has 1 amide bonds. The zero-order chi connectivity index (χ0) is 19.7. The number of nitrogens with two attached hydrogens (primary N) is 1. The maximum absolute atomic E-state index is 14.2. The highest BCUT2D eigenvalue weighted by Crippen LogP contribution is 2.37. The lowest BCUT2D eigenvalue weighted by molar-refractivity contribution is 0.0991. The van der Waals surface area contributed by atoms with E-state index in [9.17, 15) is 13.6 Å². The van der Waals surface area contributed by atoms with Gasteiger partial charge >= 0.3 is 0 Å². The van der Waals surface area contributed by atoms with E-state index in [2.05, 4.69) is 36.8 Å². The van der Waals surface area contributed by atoms with E-state index in [1.807, 2.05) is 25.1 Å². The number of carbonyl (C=O) groups excluding carboxylic acids is 1. The number of rotatable bonds is 5. The Morgan fingerprint density at radius 1 is 1.26 bits per heavy atom. The van der Waals surface area contributed by atoms with Gasteiger partial charge < -0.3 is 10.5 Å². The Balaban J connectivity index is 1.86. The topological polar surface area (TPSA) is 65.2 Å². The van der Waals surface area contributed by atoms with Gasteiger partial charge in [0.05, 0.1) is 9.48 Å². The van der Waals surface area contributed by atoms with Crippen LogP contribution < -0.4 is 10.5 Å². The van der Waals surface area contributed by atoms with E-state index in [0.29, 0.717) is 5.01 Å². The van der Waals surface area contributed by atoms with Crippen molar-refractivity contribution in [2.75, 3.05) is 0 Å². The molecular weight excluding hydrogens is 506 g/mol. The van der Waals surface area contributed by atoms with Gasteiger partial charge in [-0.05, 0) is 47.1 Å². The first kappa shape index (κ1) is 19.9. The Bertz CT molecular complexity index is 1040. The Morgan fingerprint density at radius 2 is 2.00 bits per heavy atom. The molecule has 0 radical (unpaired) electrons. The number of nitrogens with zero attached hydrogens (tertiary/aromatic N) is 1. The van der Waals surface area contributed by atoms with Crippen LogP contribution in [0.1, 0.15) is 20.9 Å². The maximum atomic E-state index is 14.2. The SMILES string of the molecule is Cc1ccc(Br)c(-c2nc(COc3ccc(F)c(C(N)=O)c3F)sc2Br)c1. The molecule has 2 N–H and O–H groups in total. The number of amides is 1. The summed E-state index contributed by atoms with van der Waals surface area (Å²) in [6.07, 6.45) is 0. The first-order valence-electron chi connectivity index (χ1n) is 7.60. The van der Waals surface area contributed by atoms with Gasteiger partial charge in [-0.1, -0.05) is 27.6 Å². The fourth-order valence-corrected chi connectivity index (χ4v) is 4.41. The smallest absolute Gasteiger partial charge is 0.254 e. The van der Waals surface area contributed by atoms with Gasteiger partial charge in [-0.15, -0.1) is 11.3 Å². The van der Waals surface area contributed by atoms with Gasteiger partial charge in [-0.25, -0.2) is 13.8 Å². The molecule has 1 aromatic heterocycles. The lowest BCUT2D eigenvalue weighted by Gasteiger charge is -2.08. The number of hydrogen-bond donors (Lipinski definition) is 1. The van der Waals surface area contributed by atoms with Gasteiger partial charge in [0.1, 0.15) is 23.0 Å². The monoisotopic (exact) mass is 516 g/mol. The molecule has 0 unspecified atom stereocenters. The van der Waals surface area contributed by atoms with Crippen LogP contribution >= 0.6 is 43.2 Å². The minimum absolute atomic E-state index is 0.0482. The number of ether oxygens (including phenoxy) is 1. The van der Waals surface area contributed by atoms with Crippen molar-refractivity contribution in [1.82, 2.24) is 4.98 Å². The molecule has 0 aliphatic heterocycles. The summed E-state index contributed by atoms with van der Waals surface area (Å²) in [5.74, 6) is -3.62. The summed E-state index contributed by atoms with van der Waals surface area (Å²) in [6.45, 7) is 1.93. The van der Waals surface area contributed by atoms with E-state index in [1.165, 1.54) is 11.3 Å². The van der Waals surface area contributed by atoms with Gasteiger partial charge in [-0.2, -0.15) is 0 Å². The fraction of sp³-hybridized carbons (Fsp3) is 0.111. The summed E-state index contributed by atoms with van der Waals surface area (Å²) in [5.41, 5.74) is 6.91. The third-order valence-electron chi connectivity index (χ3n) is 3.66. The molecular formula is C18H12Br2F2N2O2S. The molecule has 0 saturated heterocycles. The molecule has 140 valence electrons. The van der Waals surface area contributed by atoms with E-state index in [4.69, 9.17) is 10.5 Å². The minimum atomic E-state index is -1.20. The van der Waals surface area contributed by atoms with Gasteiger partial charge in [0, 0.05) is 10.0 Å². The summed E-state index contributed by atoms with van der Waals surface area (Å²) in [7, 11) is 0. The van der Waals surface area contributed by atoms with E-state index < -0.39 is 23.1 Å². The molecule has 3 rings (SSSR count). The van der Waals surface area contributed by atoms with Crippen LogP contribution in [0, 0.1) is 18.6 Å². The summed E-state index contributed by atoms with van der Waals surface area (Å²) >= 11 is 8.33. The third kappa shape index (κ3) is 4.20. The van der Waals surface area contributed by atoms with E-state index in [0.717, 1.165) is 37.2 Å². The quantitative estimate of drug-likeness (QED) is 0.479. The van der Waals surface area contributed by atoms with Gasteiger partial charge in [0.25, 0.3) is 5.91 Å². The Labute approximate surface area is 174 Å². The van der Waals surface area contributed by atoms with Crippen molar-refractivity contribution in [3.05, 3.63) is 66.4 Å². The lowest BCUT2D eigenvalue weighted by Crippen LogP contribution is -2.16. The van der Waals surface area contributed by atoms with Crippen LogP contribution in [0.2, 0.25) is 0 Å². The number of carbonyl (C=O) groups is 1. The van der Waals surface area contributed by atoms with Crippen LogP contribution in [0.3, 0.4) is 0 Å². The third-order valence-corrected chi connectivity index (χ3v) is 6.03. The highest BCUT2D eigenvalue weighted by molar-refractivity contribution is 9.11. The van der Waals surface area contributed by atoms with Crippen molar-refractivity contribution < 1.29 is 18.3 Å². The zero-order valence-corrected chi connectivity index (χ0v) is 17.8. The summed E-state index contributed by atoms with van der Waals surface area (Å²) < 4.78 is 34.9. The maximum Gasteiger partial charge on any atom is 0.254 e. The zero-order valence-electron chi connectivity index (χ0n) is 13.9. The normalized spacial score (nSPS) is 10.9. The molecule has 0 saturated carbocycles. The van der Waals surface area contributed by atoms with Crippen LogP contribution in [0.25, 0.3) is 11.3 Å². The minimum Gasteiger partial charge on any atom is -0.483 e. The van der Waals surface area contributed by atoms with Crippen LogP contribution in [-0.4, -0.2) is 10.9 Å².